The summed E-state index contributed by atoms with van der Waals surface area (Å²) in [5.74, 6) is 0.345. The highest BCUT2D eigenvalue weighted by atomic mass is 16.5. The second kappa shape index (κ2) is 7.37. The number of para-hydroxylation sites is 1. The van der Waals surface area contributed by atoms with Gasteiger partial charge in [0.15, 0.2) is 17.2 Å². The molecule has 1 aliphatic heterocycles. The Labute approximate surface area is 171 Å². The molecule has 0 bridgehead atoms. The van der Waals surface area contributed by atoms with Crippen LogP contribution in [0.5, 0.6) is 23.0 Å². The van der Waals surface area contributed by atoms with E-state index < -0.39 is 11.5 Å². The van der Waals surface area contributed by atoms with Crippen molar-refractivity contribution < 1.29 is 23.4 Å². The van der Waals surface area contributed by atoms with Crippen molar-refractivity contribution in [1.29, 1.82) is 5.26 Å². The molecule has 2 N–H and O–H groups in total. The summed E-state index contributed by atoms with van der Waals surface area (Å²) in [6.45, 7) is 0. The van der Waals surface area contributed by atoms with Crippen molar-refractivity contribution in [3.8, 4) is 29.1 Å². The van der Waals surface area contributed by atoms with Gasteiger partial charge in [-0.25, -0.2) is 4.79 Å². The lowest BCUT2D eigenvalue weighted by atomic mass is 9.83. The van der Waals surface area contributed by atoms with E-state index in [1.54, 1.807) is 36.4 Å². The molecular weight excluding hydrogens is 388 g/mol. The first-order valence-corrected chi connectivity index (χ1v) is 8.97. The van der Waals surface area contributed by atoms with Gasteiger partial charge >= 0.3 is 5.63 Å². The van der Waals surface area contributed by atoms with Gasteiger partial charge in [-0.05, 0) is 18.2 Å². The van der Waals surface area contributed by atoms with Gasteiger partial charge < -0.3 is 29.1 Å². The largest absolute Gasteiger partial charge is 0.493 e. The molecule has 2 aromatic carbocycles. The Balaban J connectivity index is 2.10. The molecule has 0 fully saturated rings. The molecule has 8 heteroatoms. The number of allylic oxidation sites excluding steroid dienone is 1. The SMILES string of the molecule is COc1ccc([C@H]2C(C#N)=C(N)Oc3c2c(=O)oc2ccccc32)c(OC)c1OC. The monoisotopic (exact) mass is 406 g/mol. The molecule has 1 atom stereocenters. The number of nitrogens with zero attached hydrogens (tertiary/aromatic N) is 1. The maximum absolute atomic E-state index is 13.0. The number of rotatable bonds is 4. The maximum atomic E-state index is 13.0. The van der Waals surface area contributed by atoms with Crippen molar-refractivity contribution in [2.45, 2.75) is 5.92 Å². The van der Waals surface area contributed by atoms with Crippen LogP contribution in [0.1, 0.15) is 17.0 Å². The van der Waals surface area contributed by atoms with Crippen LogP contribution in [0, 0.1) is 11.3 Å². The first-order valence-electron chi connectivity index (χ1n) is 8.97. The molecule has 3 aromatic rings. The summed E-state index contributed by atoms with van der Waals surface area (Å²) in [5.41, 5.74) is 6.53. The number of methoxy groups -OCH3 is 3. The summed E-state index contributed by atoms with van der Waals surface area (Å²) < 4.78 is 27.6. The van der Waals surface area contributed by atoms with Gasteiger partial charge in [0.1, 0.15) is 17.2 Å². The third-order valence-electron chi connectivity index (χ3n) is 5.02. The minimum Gasteiger partial charge on any atom is -0.493 e. The highest BCUT2D eigenvalue weighted by Gasteiger charge is 2.38. The summed E-state index contributed by atoms with van der Waals surface area (Å²) in [7, 11) is 4.43. The minimum atomic E-state index is -0.880. The van der Waals surface area contributed by atoms with Gasteiger partial charge in [0, 0.05) is 5.56 Å². The van der Waals surface area contributed by atoms with Crippen LogP contribution < -0.4 is 30.3 Å². The van der Waals surface area contributed by atoms with Crippen molar-refractivity contribution in [2.75, 3.05) is 21.3 Å². The van der Waals surface area contributed by atoms with Crippen LogP contribution in [0.4, 0.5) is 0 Å². The Hall–Kier alpha value is -4.12. The van der Waals surface area contributed by atoms with Crippen molar-refractivity contribution in [3.05, 3.63) is 69.4 Å². The zero-order valence-corrected chi connectivity index (χ0v) is 16.5. The average molecular weight is 406 g/mol. The number of nitrogens with two attached hydrogens (primary N) is 1. The quantitative estimate of drug-likeness (QED) is 0.657. The molecule has 152 valence electrons. The molecule has 4 rings (SSSR count). The van der Waals surface area contributed by atoms with Gasteiger partial charge in [-0.3, -0.25) is 0 Å². The number of ether oxygens (including phenoxy) is 4. The molecule has 2 heterocycles. The molecule has 0 amide bonds. The Morgan fingerprint density at radius 3 is 2.43 bits per heavy atom. The van der Waals surface area contributed by atoms with Crippen LogP contribution in [0.15, 0.2) is 57.1 Å². The normalized spacial score (nSPS) is 15.2. The Bertz CT molecular complexity index is 1290. The number of hydrogen-bond acceptors (Lipinski definition) is 8. The molecule has 8 nitrogen and oxygen atoms in total. The summed E-state index contributed by atoms with van der Waals surface area (Å²) in [6.07, 6.45) is 0. The van der Waals surface area contributed by atoms with E-state index in [4.69, 9.17) is 29.1 Å². The highest BCUT2D eigenvalue weighted by molar-refractivity contribution is 5.86. The van der Waals surface area contributed by atoms with Crippen LogP contribution in [-0.2, 0) is 0 Å². The fraction of sp³-hybridized carbons (Fsp3) is 0.182. The summed E-state index contributed by atoms with van der Waals surface area (Å²) in [6, 6.07) is 12.4. The fourth-order valence-corrected chi connectivity index (χ4v) is 3.73. The molecule has 1 aromatic heterocycles. The smallest absolute Gasteiger partial charge is 0.344 e. The van der Waals surface area contributed by atoms with Crippen molar-refractivity contribution >= 4 is 11.0 Å². The summed E-state index contributed by atoms with van der Waals surface area (Å²) in [5, 5.41) is 10.4. The molecule has 0 aliphatic carbocycles. The van der Waals surface area contributed by atoms with E-state index in [1.807, 2.05) is 0 Å². The van der Waals surface area contributed by atoms with Crippen LogP contribution >= 0.6 is 0 Å². The van der Waals surface area contributed by atoms with Gasteiger partial charge in [0.25, 0.3) is 0 Å². The zero-order valence-electron chi connectivity index (χ0n) is 16.5. The van der Waals surface area contributed by atoms with E-state index in [0.717, 1.165) is 0 Å². The number of benzene rings is 2. The van der Waals surface area contributed by atoms with E-state index in [9.17, 15) is 10.1 Å². The maximum Gasteiger partial charge on any atom is 0.344 e. The lowest BCUT2D eigenvalue weighted by Crippen LogP contribution is -2.26. The lowest BCUT2D eigenvalue weighted by molar-refractivity contribution is 0.321. The molecule has 0 saturated heterocycles. The second-order valence-electron chi connectivity index (χ2n) is 6.48. The predicted octanol–water partition coefficient (Wildman–Crippen LogP) is 3.04. The molecule has 0 spiro atoms. The standard InChI is InChI=1S/C22H18N2O6/c1-26-15-9-8-12(19(27-2)20(15)28-3)16-13(10-23)21(24)30-18-11-6-4-5-7-14(11)29-22(25)17(16)18/h4-9,16H,24H2,1-3H3/t16-/m0/s1. The second-order valence-corrected chi connectivity index (χ2v) is 6.48. The van der Waals surface area contributed by atoms with Gasteiger partial charge in [0.2, 0.25) is 11.6 Å². The van der Waals surface area contributed by atoms with Crippen LogP contribution in [0.3, 0.4) is 0 Å². The first kappa shape index (κ1) is 19.2. The topological polar surface area (TPSA) is 117 Å². The Morgan fingerprint density at radius 1 is 1.03 bits per heavy atom. The number of hydrogen-bond donors (Lipinski definition) is 1. The molecular formula is C22H18N2O6. The Kier molecular flexibility index (Phi) is 4.72. The molecule has 0 unspecified atom stereocenters. The first-order chi connectivity index (χ1) is 14.5. The van der Waals surface area contributed by atoms with Crippen molar-refractivity contribution in [2.24, 2.45) is 5.73 Å². The van der Waals surface area contributed by atoms with Gasteiger partial charge in [0.05, 0.1) is 38.2 Å². The molecule has 30 heavy (non-hydrogen) atoms. The molecule has 0 saturated carbocycles. The Morgan fingerprint density at radius 2 is 1.77 bits per heavy atom. The zero-order chi connectivity index (χ0) is 21.4. The van der Waals surface area contributed by atoms with Crippen molar-refractivity contribution in [3.63, 3.8) is 0 Å². The van der Waals surface area contributed by atoms with Crippen molar-refractivity contribution in [1.82, 2.24) is 0 Å². The van der Waals surface area contributed by atoms with E-state index in [2.05, 4.69) is 6.07 Å². The third-order valence-corrected chi connectivity index (χ3v) is 5.02. The lowest BCUT2D eigenvalue weighted by Gasteiger charge is -2.27. The van der Waals surface area contributed by atoms with Crippen LogP contribution in [0.2, 0.25) is 0 Å². The average Bonchev–Trinajstić information content (AvgIpc) is 2.77. The predicted molar refractivity (Wildman–Crippen MR) is 108 cm³/mol. The molecule has 0 radical (unpaired) electrons. The van der Waals surface area contributed by atoms with E-state index >= 15 is 0 Å². The van der Waals surface area contributed by atoms with Crippen LogP contribution in [-0.4, -0.2) is 21.3 Å². The molecule has 1 aliphatic rings. The number of nitriles is 1. The van der Waals surface area contributed by atoms with Gasteiger partial charge in [-0.15, -0.1) is 0 Å². The van der Waals surface area contributed by atoms with Gasteiger partial charge in [-0.1, -0.05) is 18.2 Å². The fourth-order valence-electron chi connectivity index (χ4n) is 3.73. The van der Waals surface area contributed by atoms with E-state index in [1.165, 1.54) is 21.3 Å². The summed E-state index contributed by atoms with van der Waals surface area (Å²) >= 11 is 0. The van der Waals surface area contributed by atoms with E-state index in [0.29, 0.717) is 33.8 Å². The van der Waals surface area contributed by atoms with Gasteiger partial charge in [-0.2, -0.15) is 5.26 Å². The summed E-state index contributed by atoms with van der Waals surface area (Å²) in [4.78, 5) is 13.0. The third kappa shape index (κ3) is 2.71. The highest BCUT2D eigenvalue weighted by Crippen LogP contribution is 2.50. The minimum absolute atomic E-state index is 0.0654. The van der Waals surface area contributed by atoms with Crippen LogP contribution in [0.25, 0.3) is 11.0 Å². The number of fused-ring (bicyclic) bond motifs is 3. The van der Waals surface area contributed by atoms with E-state index in [-0.39, 0.29) is 22.8 Å².